The van der Waals surface area contributed by atoms with Crippen LogP contribution in [0.1, 0.15) is 127 Å². The molecular formula is C62H64N2O8. The Morgan fingerprint density at radius 1 is 0.403 bits per heavy atom. The third-order valence-corrected chi connectivity index (χ3v) is 18.4. The number of nitrogens with zero attached hydrogens (tertiary/aromatic N) is 2. The molecule has 0 saturated heterocycles. The molecular weight excluding hydrogens is 901 g/mol. The average Bonchev–Trinajstić information content (AvgIpc) is 3.31. The number of ether oxygens (including phenoxy) is 4. The summed E-state index contributed by atoms with van der Waals surface area (Å²) in [7, 11) is 0. The van der Waals surface area contributed by atoms with Gasteiger partial charge in [0.25, 0.3) is 0 Å². The van der Waals surface area contributed by atoms with Crippen LogP contribution in [-0.4, -0.2) is 9.85 Å². The molecule has 10 heteroatoms. The van der Waals surface area contributed by atoms with Gasteiger partial charge in [-0.25, -0.2) is 0 Å². The number of rotatable bonds is 15. The van der Waals surface area contributed by atoms with Crippen LogP contribution in [0.3, 0.4) is 0 Å². The molecule has 8 aliphatic rings. The Kier molecular flexibility index (Phi) is 10.6. The average molecular weight is 965 g/mol. The van der Waals surface area contributed by atoms with Crippen molar-refractivity contribution in [3.8, 4) is 34.5 Å². The fourth-order valence-corrected chi connectivity index (χ4v) is 18.3. The monoisotopic (exact) mass is 964 g/mol. The first kappa shape index (κ1) is 46.4. The van der Waals surface area contributed by atoms with Crippen molar-refractivity contribution in [3.63, 3.8) is 0 Å². The van der Waals surface area contributed by atoms with Gasteiger partial charge in [0, 0.05) is 24.3 Å². The van der Waals surface area contributed by atoms with E-state index in [0.29, 0.717) is 23.0 Å². The van der Waals surface area contributed by atoms with Gasteiger partial charge < -0.3 is 18.9 Å². The van der Waals surface area contributed by atoms with E-state index in [2.05, 4.69) is 76.2 Å². The van der Waals surface area contributed by atoms with E-state index in [1.165, 1.54) is 100 Å². The maximum atomic E-state index is 12.0. The normalized spacial score (nSPS) is 32.6. The summed E-state index contributed by atoms with van der Waals surface area (Å²) < 4.78 is 24.8. The maximum Gasteiger partial charge on any atom is 0.311 e. The number of hydrogen-bond donors (Lipinski definition) is 0. The van der Waals surface area contributed by atoms with E-state index < -0.39 is 9.85 Å². The second kappa shape index (κ2) is 16.4. The van der Waals surface area contributed by atoms with Gasteiger partial charge in [0.2, 0.25) is 11.5 Å². The Bertz CT molecular complexity index is 2840. The molecule has 0 spiro atoms. The van der Waals surface area contributed by atoms with Crippen LogP contribution in [0.2, 0.25) is 0 Å². The zero-order valence-electron chi connectivity index (χ0n) is 41.9. The van der Waals surface area contributed by atoms with Crippen molar-refractivity contribution in [2.45, 2.75) is 129 Å². The smallest absolute Gasteiger partial charge is 0.311 e. The zero-order valence-corrected chi connectivity index (χ0v) is 41.9. The van der Waals surface area contributed by atoms with E-state index in [0.717, 1.165) is 11.1 Å². The highest BCUT2D eigenvalue weighted by molar-refractivity contribution is 5.53. The second-order valence-electron chi connectivity index (χ2n) is 25.1. The molecule has 0 aromatic heterocycles. The maximum absolute atomic E-state index is 12.0. The van der Waals surface area contributed by atoms with E-state index in [4.69, 9.17) is 18.9 Å². The van der Waals surface area contributed by atoms with Gasteiger partial charge in [-0.1, -0.05) is 113 Å². The van der Waals surface area contributed by atoms with Crippen molar-refractivity contribution in [1.29, 1.82) is 0 Å². The van der Waals surface area contributed by atoms with Gasteiger partial charge in [-0.05, 0) is 179 Å². The highest BCUT2D eigenvalue weighted by Crippen LogP contribution is 2.85. The van der Waals surface area contributed by atoms with Crippen molar-refractivity contribution in [2.75, 3.05) is 0 Å². The lowest BCUT2D eigenvalue weighted by Gasteiger charge is -2.80. The molecule has 6 aromatic carbocycles. The Labute approximate surface area is 422 Å². The van der Waals surface area contributed by atoms with Crippen LogP contribution in [0.4, 0.5) is 11.4 Å². The fraction of sp³-hybridized carbons (Fsp3) is 0.419. The molecule has 0 heterocycles. The molecule has 0 aliphatic heterocycles. The molecule has 72 heavy (non-hydrogen) atoms. The molecule has 8 saturated carbocycles. The van der Waals surface area contributed by atoms with Gasteiger partial charge in [0.1, 0.15) is 36.2 Å². The molecule has 8 aliphatic carbocycles. The molecule has 370 valence electrons. The predicted molar refractivity (Wildman–Crippen MR) is 277 cm³/mol. The van der Waals surface area contributed by atoms with E-state index in [-0.39, 0.29) is 79.4 Å². The minimum absolute atomic E-state index is 0.0597. The van der Waals surface area contributed by atoms with Crippen molar-refractivity contribution in [3.05, 3.63) is 188 Å². The summed E-state index contributed by atoms with van der Waals surface area (Å²) in [6.45, 7) is 10.9. The van der Waals surface area contributed by atoms with Crippen molar-refractivity contribution < 1.29 is 28.8 Å². The first-order valence-electron chi connectivity index (χ1n) is 25.9. The predicted octanol–water partition coefficient (Wildman–Crippen LogP) is 16.2. The second-order valence-corrected chi connectivity index (χ2v) is 25.1. The summed E-state index contributed by atoms with van der Waals surface area (Å²) in [6, 6.07) is 46.5. The topological polar surface area (TPSA) is 123 Å². The largest absolute Gasteiger partial charge is 0.482 e. The number of hydrogen-bond acceptors (Lipinski definition) is 8. The van der Waals surface area contributed by atoms with Crippen LogP contribution in [0, 0.1) is 52.7 Å². The number of benzene rings is 6. The van der Waals surface area contributed by atoms with Crippen LogP contribution in [0.25, 0.3) is 0 Å². The van der Waals surface area contributed by atoms with Gasteiger partial charge in [-0.2, -0.15) is 0 Å². The molecule has 8 fully saturated rings. The third kappa shape index (κ3) is 8.09. The summed E-state index contributed by atoms with van der Waals surface area (Å²) in [5.74, 6) is 2.74. The molecule has 4 atom stereocenters. The van der Waals surface area contributed by atoms with Crippen LogP contribution < -0.4 is 18.9 Å². The Morgan fingerprint density at radius 2 is 0.736 bits per heavy atom. The minimum Gasteiger partial charge on any atom is -0.482 e. The molecule has 0 radical (unpaired) electrons. The van der Waals surface area contributed by atoms with Gasteiger partial charge in [0.15, 0.2) is 0 Å². The first-order chi connectivity index (χ1) is 34.4. The number of nitro benzene ring substituents is 2. The van der Waals surface area contributed by atoms with E-state index >= 15 is 0 Å². The van der Waals surface area contributed by atoms with Gasteiger partial charge in [0.05, 0.1) is 9.85 Å². The van der Waals surface area contributed by atoms with Crippen LogP contribution in [0.15, 0.2) is 146 Å². The molecule has 0 N–H and O–H groups in total. The summed E-state index contributed by atoms with van der Waals surface area (Å²) in [5, 5.41) is 23.9. The van der Waals surface area contributed by atoms with Crippen LogP contribution in [0.5, 0.6) is 34.5 Å². The Morgan fingerprint density at radius 3 is 1.07 bits per heavy atom. The lowest BCUT2D eigenvalue weighted by Crippen LogP contribution is -2.71. The third-order valence-electron chi connectivity index (χ3n) is 18.4. The Balaban J connectivity index is 0.814. The summed E-state index contributed by atoms with van der Waals surface area (Å²) >= 11 is 0. The molecule has 14 rings (SSSR count). The van der Waals surface area contributed by atoms with E-state index in [1.807, 2.05) is 60.7 Å². The van der Waals surface area contributed by atoms with Gasteiger partial charge in [-0.3, -0.25) is 20.2 Å². The van der Waals surface area contributed by atoms with Crippen LogP contribution in [-0.2, 0) is 24.0 Å². The quantitative estimate of drug-likeness (QED) is 0.0736. The molecule has 8 bridgehead atoms. The highest BCUT2D eigenvalue weighted by Gasteiger charge is 2.76. The van der Waals surface area contributed by atoms with Crippen LogP contribution >= 0.6 is 0 Å². The first-order valence-corrected chi connectivity index (χ1v) is 25.9. The van der Waals surface area contributed by atoms with Gasteiger partial charge in [-0.15, -0.1) is 0 Å². The summed E-state index contributed by atoms with van der Waals surface area (Å²) in [6.07, 6.45) is 15.0. The number of nitro groups is 2. The standard InChI is InChI=1S/C62H64N2O8/c1-55-31-56(2)34-59(33-55,45-15-19-47(20-16-45)71-49-23-25-51(63(65)66)53(27-49)69-29-43-11-7-5-8-12-43)41-61(37-55,38-56)62-39-57(3)32-58(4,40-62)36-60(35-57,42-62)46-17-21-48(22-18-46)72-50-24-26-52(64(67)68)54(28-50)70-30-44-13-9-6-10-14-44/h5-28H,29-42H2,1-4H3. The molecule has 0 amide bonds. The lowest BCUT2D eigenvalue weighted by atomic mass is 9.24. The van der Waals surface area contributed by atoms with E-state index in [1.54, 1.807) is 24.3 Å². The minimum atomic E-state index is -0.415. The lowest BCUT2D eigenvalue weighted by molar-refractivity contribution is -0.386. The summed E-state index contributed by atoms with van der Waals surface area (Å²) in [4.78, 5) is 23.1. The molecule has 10 nitrogen and oxygen atoms in total. The fourth-order valence-electron chi connectivity index (χ4n) is 18.3. The Hall–Kier alpha value is -6.68. The van der Waals surface area contributed by atoms with Crippen molar-refractivity contribution in [2.24, 2.45) is 32.5 Å². The van der Waals surface area contributed by atoms with Gasteiger partial charge >= 0.3 is 11.4 Å². The highest BCUT2D eigenvalue weighted by atomic mass is 16.6. The SMILES string of the molecule is CC12CC3(C)CC(c4ccc(Oc5ccc([N+](=O)[O-])c(OCc6ccccc6)c5)cc4)(C1)CC(C14CC5(C)CC(C)(CC(c6ccc(Oc7ccc([N+](=O)[O-])c(OCc8ccccc8)c7)cc6)(C5)C1)C4)(C2)C3. The summed E-state index contributed by atoms with van der Waals surface area (Å²) in [5.41, 5.74) is 6.03. The van der Waals surface area contributed by atoms with E-state index in [9.17, 15) is 20.2 Å². The molecule has 6 aromatic rings. The zero-order chi connectivity index (χ0) is 49.8. The molecule has 4 unspecified atom stereocenters. The van der Waals surface area contributed by atoms with Crippen molar-refractivity contribution in [1.82, 2.24) is 0 Å². The van der Waals surface area contributed by atoms with Crippen molar-refractivity contribution >= 4 is 11.4 Å².